The van der Waals surface area contributed by atoms with Crippen LogP contribution < -0.4 is 5.11 Å². The molecule has 0 saturated heterocycles. The van der Waals surface area contributed by atoms with E-state index in [-0.39, 0.29) is 12.4 Å². The van der Waals surface area contributed by atoms with Crippen LogP contribution in [0.25, 0.3) is 0 Å². The molecule has 0 aliphatic rings. The highest BCUT2D eigenvalue weighted by Crippen LogP contribution is 2.18. The second-order valence-electron chi connectivity index (χ2n) is 12.6. The van der Waals surface area contributed by atoms with Crippen molar-refractivity contribution in [2.45, 2.75) is 161 Å². The first-order valence-corrected chi connectivity index (χ1v) is 15.8. The molecule has 220 valence electrons. The molecule has 0 N–H and O–H groups in total. The molecule has 2 unspecified atom stereocenters. The maximum atomic E-state index is 12.1. The van der Waals surface area contributed by atoms with E-state index in [9.17, 15) is 14.7 Å². The number of esters is 1. The number of carboxylic acid groups (broad SMARTS) is 1. The van der Waals surface area contributed by atoms with Gasteiger partial charge in [-0.15, -0.1) is 0 Å². The lowest BCUT2D eigenvalue weighted by Crippen LogP contribution is -2.45. The number of carboxylic acids is 1. The number of rotatable bonds is 27. The minimum Gasteiger partial charge on any atom is -0.550 e. The van der Waals surface area contributed by atoms with Gasteiger partial charge in [0.2, 0.25) is 0 Å². The van der Waals surface area contributed by atoms with Crippen molar-refractivity contribution >= 4 is 11.9 Å². The normalized spacial score (nSPS) is 13.4. The van der Waals surface area contributed by atoms with E-state index in [1.165, 1.54) is 109 Å². The number of hydrogen-bond donors (Lipinski definition) is 0. The van der Waals surface area contributed by atoms with Crippen molar-refractivity contribution in [3.05, 3.63) is 0 Å². The standard InChI is InChI=1S/C32H63NO4/c1-6-7-21-24-29(2)25-22-19-17-15-13-11-9-8-10-12-14-16-18-20-23-26-32(36)37-30(27-31(34)35)28-33(3,4)5/h29-30H,6-28H2,1-5H3. The Morgan fingerprint density at radius 2 is 1.08 bits per heavy atom. The zero-order valence-corrected chi connectivity index (χ0v) is 25.5. The minimum atomic E-state index is -1.17. The number of aliphatic carboxylic acids is 1. The smallest absolute Gasteiger partial charge is 0.306 e. The zero-order valence-electron chi connectivity index (χ0n) is 25.5. The van der Waals surface area contributed by atoms with E-state index in [2.05, 4.69) is 13.8 Å². The molecule has 0 bridgehead atoms. The molecule has 0 spiro atoms. The Morgan fingerprint density at radius 1 is 0.676 bits per heavy atom. The average molecular weight is 526 g/mol. The SMILES string of the molecule is CCCCCC(C)CCCCCCCCCCCCCCCCCC(=O)OC(CC(=O)[O-])C[N+](C)(C)C. The van der Waals surface area contributed by atoms with E-state index in [1.807, 2.05) is 21.1 Å². The second kappa shape index (κ2) is 24.0. The molecule has 0 aromatic carbocycles. The summed E-state index contributed by atoms with van der Waals surface area (Å²) in [5.41, 5.74) is 0. The van der Waals surface area contributed by atoms with Gasteiger partial charge >= 0.3 is 5.97 Å². The first-order chi connectivity index (χ1) is 17.6. The maximum absolute atomic E-state index is 12.1. The Kier molecular flexibility index (Phi) is 23.3. The summed E-state index contributed by atoms with van der Waals surface area (Å²) in [4.78, 5) is 23.0. The number of carbonyl (C=O) groups is 2. The number of carbonyl (C=O) groups excluding carboxylic acids is 2. The first kappa shape index (κ1) is 35.9. The van der Waals surface area contributed by atoms with Gasteiger partial charge in [-0.3, -0.25) is 4.79 Å². The third-order valence-corrected chi connectivity index (χ3v) is 7.32. The summed E-state index contributed by atoms with van der Waals surface area (Å²) in [5.74, 6) is -0.529. The highest BCUT2D eigenvalue weighted by atomic mass is 16.5. The van der Waals surface area contributed by atoms with Crippen LogP contribution in [0.1, 0.15) is 155 Å². The number of ether oxygens (including phenoxy) is 1. The lowest BCUT2D eigenvalue weighted by Gasteiger charge is -2.29. The molecule has 37 heavy (non-hydrogen) atoms. The molecule has 0 aromatic heterocycles. The van der Waals surface area contributed by atoms with Gasteiger partial charge in [-0.25, -0.2) is 0 Å². The Bertz CT molecular complexity index is 543. The molecule has 0 rings (SSSR count). The molecular weight excluding hydrogens is 462 g/mol. The van der Waals surface area contributed by atoms with E-state index in [1.54, 1.807) is 0 Å². The van der Waals surface area contributed by atoms with Crippen LogP contribution in [0.5, 0.6) is 0 Å². The number of unbranched alkanes of at least 4 members (excludes halogenated alkanes) is 16. The van der Waals surface area contributed by atoms with Gasteiger partial charge in [0, 0.05) is 18.8 Å². The van der Waals surface area contributed by atoms with Gasteiger partial charge in [0.1, 0.15) is 6.54 Å². The third-order valence-electron chi connectivity index (χ3n) is 7.32. The summed E-state index contributed by atoms with van der Waals surface area (Å²) in [5, 5.41) is 10.9. The Labute approximate surface area is 230 Å². The van der Waals surface area contributed by atoms with Crippen LogP contribution in [0.2, 0.25) is 0 Å². The number of nitrogens with zero attached hydrogens (tertiary/aromatic N) is 1. The van der Waals surface area contributed by atoms with Gasteiger partial charge in [-0.05, 0) is 12.3 Å². The van der Waals surface area contributed by atoms with Crippen LogP contribution in [0, 0.1) is 5.92 Å². The van der Waals surface area contributed by atoms with Gasteiger partial charge in [0.05, 0.1) is 21.1 Å². The molecule has 0 amide bonds. The molecule has 2 atom stereocenters. The van der Waals surface area contributed by atoms with Crippen molar-refractivity contribution < 1.29 is 23.9 Å². The maximum Gasteiger partial charge on any atom is 0.306 e. The van der Waals surface area contributed by atoms with E-state index >= 15 is 0 Å². The largest absolute Gasteiger partial charge is 0.550 e. The Hall–Kier alpha value is -1.10. The molecule has 0 aliphatic carbocycles. The van der Waals surface area contributed by atoms with Gasteiger partial charge < -0.3 is 19.1 Å². The average Bonchev–Trinajstić information content (AvgIpc) is 2.79. The molecule has 5 heteroatoms. The van der Waals surface area contributed by atoms with Crippen LogP contribution >= 0.6 is 0 Å². The number of likely N-dealkylation sites (N-methyl/N-ethyl adjacent to an activating group) is 1. The van der Waals surface area contributed by atoms with Gasteiger partial charge in [-0.1, -0.05) is 136 Å². The number of hydrogen-bond acceptors (Lipinski definition) is 4. The fraction of sp³-hybridized carbons (Fsp3) is 0.938. The van der Waals surface area contributed by atoms with E-state index in [4.69, 9.17) is 4.74 Å². The topological polar surface area (TPSA) is 66.4 Å². The van der Waals surface area contributed by atoms with Crippen LogP contribution in [0.4, 0.5) is 0 Å². The van der Waals surface area contributed by atoms with Crippen molar-refractivity contribution in [3.8, 4) is 0 Å². The Morgan fingerprint density at radius 3 is 1.49 bits per heavy atom. The van der Waals surface area contributed by atoms with Gasteiger partial charge in [0.25, 0.3) is 0 Å². The lowest BCUT2D eigenvalue weighted by molar-refractivity contribution is -0.873. The summed E-state index contributed by atoms with van der Waals surface area (Å²) in [6.07, 6.45) is 26.1. The predicted octanol–water partition coefficient (Wildman–Crippen LogP) is 7.59. The van der Waals surface area contributed by atoms with E-state index in [0.717, 1.165) is 25.2 Å². The molecule has 0 fully saturated rings. The highest BCUT2D eigenvalue weighted by molar-refractivity contribution is 5.70. The zero-order chi connectivity index (χ0) is 27.8. The molecule has 5 nitrogen and oxygen atoms in total. The third kappa shape index (κ3) is 27.7. The number of quaternary nitrogens is 1. The Balaban J connectivity index is 3.45. The van der Waals surface area contributed by atoms with Crippen molar-refractivity contribution in [2.75, 3.05) is 27.7 Å². The van der Waals surface area contributed by atoms with Gasteiger partial charge in [0.15, 0.2) is 6.10 Å². The van der Waals surface area contributed by atoms with Crippen molar-refractivity contribution in [1.29, 1.82) is 0 Å². The van der Waals surface area contributed by atoms with E-state index in [0.29, 0.717) is 17.4 Å². The predicted molar refractivity (Wildman–Crippen MR) is 154 cm³/mol. The molecule has 0 aromatic rings. The van der Waals surface area contributed by atoms with Crippen LogP contribution in [0.15, 0.2) is 0 Å². The molecule has 0 radical (unpaired) electrons. The molecule has 0 saturated carbocycles. The summed E-state index contributed by atoms with van der Waals surface area (Å²) >= 11 is 0. The quantitative estimate of drug-likeness (QED) is 0.0629. The molecule has 0 heterocycles. The summed E-state index contributed by atoms with van der Waals surface area (Å²) in [6, 6.07) is 0. The van der Waals surface area contributed by atoms with Crippen molar-refractivity contribution in [3.63, 3.8) is 0 Å². The lowest BCUT2D eigenvalue weighted by atomic mass is 9.96. The molecule has 0 aliphatic heterocycles. The monoisotopic (exact) mass is 525 g/mol. The fourth-order valence-electron chi connectivity index (χ4n) is 5.13. The van der Waals surface area contributed by atoms with Crippen molar-refractivity contribution in [2.24, 2.45) is 5.92 Å². The van der Waals surface area contributed by atoms with Crippen LogP contribution in [-0.2, 0) is 14.3 Å². The summed E-state index contributed by atoms with van der Waals surface area (Å²) in [7, 11) is 5.86. The summed E-state index contributed by atoms with van der Waals surface area (Å²) < 4.78 is 5.96. The summed E-state index contributed by atoms with van der Waals surface area (Å²) in [6.45, 7) is 5.19. The minimum absolute atomic E-state index is 0.236. The second-order valence-corrected chi connectivity index (χ2v) is 12.6. The van der Waals surface area contributed by atoms with Crippen molar-refractivity contribution in [1.82, 2.24) is 0 Å². The van der Waals surface area contributed by atoms with E-state index < -0.39 is 12.1 Å². The highest BCUT2D eigenvalue weighted by Gasteiger charge is 2.22. The molecular formula is C32H63NO4. The van der Waals surface area contributed by atoms with Crippen LogP contribution in [-0.4, -0.2) is 50.2 Å². The first-order valence-electron chi connectivity index (χ1n) is 15.8. The van der Waals surface area contributed by atoms with Gasteiger partial charge in [-0.2, -0.15) is 0 Å². The fourth-order valence-corrected chi connectivity index (χ4v) is 5.13. The van der Waals surface area contributed by atoms with Crippen LogP contribution in [0.3, 0.4) is 0 Å².